The van der Waals surface area contributed by atoms with E-state index >= 15 is 0 Å². The Balaban J connectivity index is 1.47. The highest BCUT2D eigenvalue weighted by atomic mass is 32.2. The van der Waals surface area contributed by atoms with Crippen molar-refractivity contribution in [1.29, 1.82) is 0 Å². The molecule has 2 aliphatic carbocycles. The summed E-state index contributed by atoms with van der Waals surface area (Å²) in [5, 5.41) is 14.1. The number of nitrogens with zero attached hydrogens (tertiary/aromatic N) is 3. The number of aromatic nitrogens is 3. The second kappa shape index (κ2) is 8.87. The third-order valence-electron chi connectivity index (χ3n) is 6.27. The highest BCUT2D eigenvalue weighted by Gasteiger charge is 2.43. The lowest BCUT2D eigenvalue weighted by Crippen LogP contribution is -2.34. The lowest BCUT2D eigenvalue weighted by molar-refractivity contribution is -0.119. The lowest BCUT2D eigenvalue weighted by Gasteiger charge is -2.30. The fourth-order valence-electron chi connectivity index (χ4n) is 4.99. The van der Waals surface area contributed by atoms with Crippen molar-refractivity contribution < 1.29 is 9.59 Å². The summed E-state index contributed by atoms with van der Waals surface area (Å²) in [6, 6.07) is 3.70. The number of carbonyl (C=O) groups is 2. The number of amides is 3. The molecule has 2 aromatic heterocycles. The maximum absolute atomic E-state index is 11.6. The average molecular weight is 434 g/mol. The molecule has 4 atom stereocenters. The topological polar surface area (TPSA) is 103 Å². The molecule has 156 valence electrons. The maximum atomic E-state index is 11.6. The monoisotopic (exact) mass is 433 g/mol. The van der Waals surface area contributed by atoms with Crippen LogP contribution in [0.5, 0.6) is 0 Å². The third kappa shape index (κ3) is 4.50. The van der Waals surface area contributed by atoms with Crippen LogP contribution >= 0.6 is 23.1 Å². The van der Waals surface area contributed by atoms with Gasteiger partial charge in [0.2, 0.25) is 5.91 Å². The molecule has 3 amide bonds. The Morgan fingerprint density at radius 3 is 2.90 bits per heavy atom. The first-order chi connectivity index (χ1) is 14.0. The predicted octanol–water partition coefficient (Wildman–Crippen LogP) is 4.07. The van der Waals surface area contributed by atoms with Crippen LogP contribution in [0.2, 0.25) is 0 Å². The van der Waals surface area contributed by atoms with Crippen LogP contribution in [0.25, 0.3) is 10.7 Å². The number of fused-ring (bicyclic) bond motifs is 2. The van der Waals surface area contributed by atoms with Crippen molar-refractivity contribution >= 4 is 35.0 Å². The van der Waals surface area contributed by atoms with E-state index in [9.17, 15) is 9.59 Å². The highest BCUT2D eigenvalue weighted by Crippen LogP contribution is 2.53. The number of urea groups is 1. The molecule has 4 unspecified atom stereocenters. The van der Waals surface area contributed by atoms with Gasteiger partial charge in [0.05, 0.1) is 4.88 Å². The number of imide groups is 1. The molecule has 2 heterocycles. The average Bonchev–Trinajstić information content (AvgIpc) is 3.47. The van der Waals surface area contributed by atoms with Crippen molar-refractivity contribution in [3.63, 3.8) is 0 Å². The Morgan fingerprint density at radius 1 is 1.38 bits per heavy atom. The molecule has 29 heavy (non-hydrogen) atoms. The first kappa shape index (κ1) is 20.4. The zero-order chi connectivity index (χ0) is 20.4. The fraction of sp³-hybridized carbons (Fsp3) is 0.600. The van der Waals surface area contributed by atoms with Crippen LogP contribution in [0.4, 0.5) is 4.79 Å². The second-order valence-electron chi connectivity index (χ2n) is 8.10. The van der Waals surface area contributed by atoms with E-state index < -0.39 is 6.03 Å². The normalized spacial score (nSPS) is 24.0. The Bertz CT molecular complexity index is 866. The van der Waals surface area contributed by atoms with E-state index in [4.69, 9.17) is 5.73 Å². The number of nitrogens with one attached hydrogen (secondary N) is 1. The van der Waals surface area contributed by atoms with E-state index in [0.717, 1.165) is 33.4 Å². The van der Waals surface area contributed by atoms with Gasteiger partial charge in [-0.15, -0.1) is 21.5 Å². The lowest BCUT2D eigenvalue weighted by atomic mass is 9.84. The van der Waals surface area contributed by atoms with Crippen LogP contribution < -0.4 is 11.1 Å². The maximum Gasteiger partial charge on any atom is 0.318 e. The number of carbonyl (C=O) groups excluding carboxylic acids is 2. The smallest absolute Gasteiger partial charge is 0.318 e. The molecule has 2 fully saturated rings. The van der Waals surface area contributed by atoms with Crippen molar-refractivity contribution in [1.82, 2.24) is 20.1 Å². The van der Waals surface area contributed by atoms with Crippen molar-refractivity contribution in [3.8, 4) is 10.7 Å². The molecule has 0 saturated heterocycles. The summed E-state index contributed by atoms with van der Waals surface area (Å²) in [7, 11) is 0. The molecule has 0 aromatic carbocycles. The molecule has 0 spiro atoms. The minimum atomic E-state index is -0.803. The van der Waals surface area contributed by atoms with Crippen molar-refractivity contribution in [2.45, 2.75) is 56.6 Å². The number of hydrogen-bond acceptors (Lipinski definition) is 6. The Labute approximate surface area is 178 Å². The number of rotatable bonds is 8. The number of nitrogens with two attached hydrogens (primary N) is 1. The summed E-state index contributed by atoms with van der Waals surface area (Å²) in [6.07, 6.45) is 6.35. The van der Waals surface area contributed by atoms with Crippen LogP contribution in [0.3, 0.4) is 0 Å². The first-order valence-electron chi connectivity index (χ1n) is 10.2. The summed E-state index contributed by atoms with van der Waals surface area (Å²) in [4.78, 5) is 23.5. The van der Waals surface area contributed by atoms with Gasteiger partial charge in [-0.05, 0) is 61.8 Å². The molecule has 2 aromatic rings. The summed E-state index contributed by atoms with van der Waals surface area (Å²) in [6.45, 7) is 2.32. The van der Waals surface area contributed by atoms with Crippen LogP contribution in [0.15, 0.2) is 22.7 Å². The molecule has 9 heteroatoms. The van der Waals surface area contributed by atoms with Gasteiger partial charge in [0.25, 0.3) is 0 Å². The second-order valence-corrected chi connectivity index (χ2v) is 10.1. The van der Waals surface area contributed by atoms with E-state index in [0.29, 0.717) is 18.4 Å². The van der Waals surface area contributed by atoms with Gasteiger partial charge in [0.1, 0.15) is 0 Å². The predicted molar refractivity (Wildman–Crippen MR) is 115 cm³/mol. The number of thiophene rings is 1. The molecule has 2 saturated carbocycles. The van der Waals surface area contributed by atoms with Crippen LogP contribution in [0, 0.1) is 17.8 Å². The molecule has 2 bridgehead atoms. The van der Waals surface area contributed by atoms with Crippen molar-refractivity contribution in [2.75, 3.05) is 5.75 Å². The quantitative estimate of drug-likeness (QED) is 0.482. The van der Waals surface area contributed by atoms with Gasteiger partial charge in [0, 0.05) is 18.2 Å². The van der Waals surface area contributed by atoms with Gasteiger partial charge >= 0.3 is 6.03 Å². The van der Waals surface area contributed by atoms with Gasteiger partial charge in [-0.1, -0.05) is 24.2 Å². The standard InChI is InChI=1S/C20H27N5O2S2/c1-12(15-11-13-6-7-14(15)10-13)25-18(16-4-2-8-28-16)23-24-20(25)29-9-3-5-17(26)22-19(21)27/h2,4,8,12-15H,3,5-7,9-11H2,1H3,(H3,21,22,26,27). The Hall–Kier alpha value is -1.87. The SMILES string of the molecule is CC(C1CC2CCC1C2)n1c(SCCCC(=O)NC(N)=O)nnc1-c1cccs1. The van der Waals surface area contributed by atoms with Crippen molar-refractivity contribution in [2.24, 2.45) is 23.5 Å². The van der Waals surface area contributed by atoms with Gasteiger partial charge in [-0.2, -0.15) is 0 Å². The van der Waals surface area contributed by atoms with Gasteiger partial charge in [0.15, 0.2) is 11.0 Å². The van der Waals surface area contributed by atoms with E-state index in [-0.39, 0.29) is 12.3 Å². The van der Waals surface area contributed by atoms with Crippen LogP contribution in [0.1, 0.15) is 51.5 Å². The summed E-state index contributed by atoms with van der Waals surface area (Å²) >= 11 is 3.32. The van der Waals surface area contributed by atoms with Crippen LogP contribution in [-0.2, 0) is 4.79 Å². The zero-order valence-electron chi connectivity index (χ0n) is 16.5. The van der Waals surface area contributed by atoms with Crippen molar-refractivity contribution in [3.05, 3.63) is 17.5 Å². The number of primary amides is 1. The molecule has 0 radical (unpaired) electrons. The summed E-state index contributed by atoms with van der Waals surface area (Å²) in [5.74, 6) is 3.75. The van der Waals surface area contributed by atoms with E-state index in [1.807, 2.05) is 6.07 Å². The molecule has 0 aliphatic heterocycles. The van der Waals surface area contributed by atoms with E-state index in [1.54, 1.807) is 23.1 Å². The number of hydrogen-bond donors (Lipinski definition) is 2. The molecule has 4 rings (SSSR count). The minimum absolute atomic E-state index is 0.268. The van der Waals surface area contributed by atoms with E-state index in [2.05, 4.69) is 38.5 Å². The van der Waals surface area contributed by atoms with Gasteiger partial charge < -0.3 is 5.73 Å². The van der Waals surface area contributed by atoms with Crippen LogP contribution in [-0.4, -0.2) is 32.5 Å². The molecule has 2 aliphatic rings. The minimum Gasteiger partial charge on any atom is -0.351 e. The van der Waals surface area contributed by atoms with Gasteiger partial charge in [-0.3, -0.25) is 14.7 Å². The highest BCUT2D eigenvalue weighted by molar-refractivity contribution is 7.99. The van der Waals surface area contributed by atoms with Gasteiger partial charge in [-0.25, -0.2) is 4.79 Å². The largest absolute Gasteiger partial charge is 0.351 e. The summed E-state index contributed by atoms with van der Waals surface area (Å²) in [5.41, 5.74) is 4.98. The molecule has 3 N–H and O–H groups in total. The first-order valence-corrected chi connectivity index (χ1v) is 12.1. The fourth-order valence-corrected chi connectivity index (χ4v) is 6.66. The molecular formula is C20H27N5O2S2. The van der Waals surface area contributed by atoms with E-state index in [1.165, 1.54) is 25.7 Å². The Morgan fingerprint density at radius 2 is 2.24 bits per heavy atom. The summed E-state index contributed by atoms with van der Waals surface area (Å²) < 4.78 is 2.32. The molecule has 7 nitrogen and oxygen atoms in total. The third-order valence-corrected chi connectivity index (χ3v) is 8.16. The molecular weight excluding hydrogens is 406 g/mol. The number of thioether (sulfide) groups is 1. The Kier molecular flexibility index (Phi) is 6.24. The zero-order valence-corrected chi connectivity index (χ0v) is 18.2.